The molecule has 5 nitrogen and oxygen atoms in total. The molecule has 0 saturated carbocycles. The zero-order chi connectivity index (χ0) is 22.9. The maximum absolute atomic E-state index is 13.1. The molecule has 4 aromatic rings. The van der Waals surface area contributed by atoms with Gasteiger partial charge in [0.2, 0.25) is 0 Å². The molecule has 2 heterocycles. The van der Waals surface area contributed by atoms with E-state index in [2.05, 4.69) is 52.0 Å². The van der Waals surface area contributed by atoms with E-state index in [-0.39, 0.29) is 12.2 Å². The number of nitrogens with zero attached hydrogens (tertiary/aromatic N) is 4. The average Bonchev–Trinajstić information content (AvgIpc) is 3.13. The summed E-state index contributed by atoms with van der Waals surface area (Å²) in [6, 6.07) is 24.2. The summed E-state index contributed by atoms with van der Waals surface area (Å²) in [5, 5.41) is 8.82. The van der Waals surface area contributed by atoms with Gasteiger partial charge in [-0.1, -0.05) is 71.8 Å². The first-order chi connectivity index (χ1) is 16.0. The van der Waals surface area contributed by atoms with Crippen LogP contribution in [-0.2, 0) is 11.2 Å². The van der Waals surface area contributed by atoms with Gasteiger partial charge in [-0.3, -0.25) is 14.4 Å². The first-order valence-electron chi connectivity index (χ1n) is 11.2. The van der Waals surface area contributed by atoms with Crippen molar-refractivity contribution < 1.29 is 4.79 Å². The summed E-state index contributed by atoms with van der Waals surface area (Å²) in [4.78, 5) is 18.3. The number of aliphatic imine (C=N–C) groups is 1. The number of ketones is 1. The van der Waals surface area contributed by atoms with E-state index >= 15 is 0 Å². The molecule has 5 rings (SSSR count). The van der Waals surface area contributed by atoms with Crippen LogP contribution in [0.3, 0.4) is 0 Å². The summed E-state index contributed by atoms with van der Waals surface area (Å²) >= 11 is 0. The summed E-state index contributed by atoms with van der Waals surface area (Å²) < 4.78 is 2.05. The van der Waals surface area contributed by atoms with E-state index in [0.29, 0.717) is 12.2 Å². The highest BCUT2D eigenvalue weighted by molar-refractivity contribution is 6.15. The highest BCUT2D eigenvalue weighted by Gasteiger charge is 2.29. The fourth-order valence-electron chi connectivity index (χ4n) is 4.39. The van der Waals surface area contributed by atoms with E-state index < -0.39 is 6.04 Å². The quantitative estimate of drug-likeness (QED) is 0.429. The number of hydrogen-bond donors (Lipinski definition) is 0. The summed E-state index contributed by atoms with van der Waals surface area (Å²) in [6.45, 7) is 6.07. The zero-order valence-electron chi connectivity index (χ0n) is 19.1. The Morgan fingerprint density at radius 1 is 0.879 bits per heavy atom. The molecular formula is C28H26N4O. The van der Waals surface area contributed by atoms with Crippen LogP contribution in [0.15, 0.2) is 77.8 Å². The van der Waals surface area contributed by atoms with Gasteiger partial charge in [0, 0.05) is 24.0 Å². The Bertz CT molecular complexity index is 1350. The topological polar surface area (TPSA) is 60.1 Å². The number of benzene rings is 3. The molecule has 0 radical (unpaired) electrons. The minimum Gasteiger partial charge on any atom is -0.299 e. The van der Waals surface area contributed by atoms with E-state index in [0.717, 1.165) is 39.5 Å². The van der Waals surface area contributed by atoms with E-state index in [1.807, 2.05) is 56.3 Å². The SMILES string of the molecule is Cc1ccc(CC(=O)C[C@@H]2N=C(c3ccccc3)c3cc(C)ccc3-n3c(C)nnc32)cc1. The van der Waals surface area contributed by atoms with Gasteiger partial charge in [-0.05, 0) is 38.5 Å². The van der Waals surface area contributed by atoms with Crippen molar-refractivity contribution in [1.82, 2.24) is 14.8 Å². The third-order valence-electron chi connectivity index (χ3n) is 6.07. The monoisotopic (exact) mass is 434 g/mol. The number of carbonyl (C=O) groups excluding carboxylic acids is 1. The van der Waals surface area contributed by atoms with Crippen molar-refractivity contribution >= 4 is 11.5 Å². The Balaban J connectivity index is 1.60. The van der Waals surface area contributed by atoms with Crippen LogP contribution < -0.4 is 0 Å². The normalized spacial score (nSPS) is 14.8. The molecule has 0 bridgehead atoms. The Kier molecular flexibility index (Phi) is 5.47. The minimum absolute atomic E-state index is 0.134. The second-order valence-corrected chi connectivity index (χ2v) is 8.73. The molecule has 0 aliphatic carbocycles. The van der Waals surface area contributed by atoms with Crippen molar-refractivity contribution in [1.29, 1.82) is 0 Å². The van der Waals surface area contributed by atoms with Crippen LogP contribution in [0.4, 0.5) is 0 Å². The molecule has 0 fully saturated rings. The first-order valence-corrected chi connectivity index (χ1v) is 11.2. The fraction of sp³-hybridized carbons (Fsp3) is 0.214. The van der Waals surface area contributed by atoms with E-state index in [9.17, 15) is 4.79 Å². The molecule has 5 heteroatoms. The molecule has 1 atom stereocenters. The smallest absolute Gasteiger partial charge is 0.162 e. The minimum atomic E-state index is -0.410. The molecule has 1 aliphatic rings. The van der Waals surface area contributed by atoms with Crippen LogP contribution in [0.5, 0.6) is 0 Å². The molecule has 33 heavy (non-hydrogen) atoms. The summed E-state index contributed by atoms with van der Waals surface area (Å²) in [5.41, 5.74) is 7.28. The molecule has 0 unspecified atom stereocenters. The molecule has 164 valence electrons. The Hall–Kier alpha value is -3.86. The maximum atomic E-state index is 13.1. The van der Waals surface area contributed by atoms with Gasteiger partial charge in [0.05, 0.1) is 11.4 Å². The van der Waals surface area contributed by atoms with Crippen LogP contribution in [0.25, 0.3) is 5.69 Å². The van der Waals surface area contributed by atoms with Crippen LogP contribution in [-0.4, -0.2) is 26.3 Å². The van der Waals surface area contributed by atoms with Gasteiger partial charge in [-0.2, -0.15) is 0 Å². The molecular weight excluding hydrogens is 408 g/mol. The number of hydrogen-bond acceptors (Lipinski definition) is 4. The van der Waals surface area contributed by atoms with Crippen LogP contribution in [0.2, 0.25) is 0 Å². The predicted molar refractivity (Wildman–Crippen MR) is 130 cm³/mol. The molecule has 0 saturated heterocycles. The number of aryl methyl sites for hydroxylation is 3. The number of Topliss-reactive ketones (excluding diaryl/α,β-unsaturated/α-hetero) is 1. The van der Waals surface area contributed by atoms with Gasteiger partial charge in [-0.15, -0.1) is 10.2 Å². The van der Waals surface area contributed by atoms with Crippen molar-refractivity contribution in [2.24, 2.45) is 4.99 Å². The van der Waals surface area contributed by atoms with E-state index in [1.54, 1.807) is 0 Å². The Morgan fingerprint density at radius 2 is 1.61 bits per heavy atom. The average molecular weight is 435 g/mol. The van der Waals surface area contributed by atoms with Crippen LogP contribution in [0.1, 0.15) is 51.9 Å². The molecule has 1 aliphatic heterocycles. The van der Waals surface area contributed by atoms with E-state index in [4.69, 9.17) is 4.99 Å². The lowest BCUT2D eigenvalue weighted by Gasteiger charge is -2.13. The zero-order valence-corrected chi connectivity index (χ0v) is 19.1. The van der Waals surface area contributed by atoms with Gasteiger partial charge < -0.3 is 0 Å². The maximum Gasteiger partial charge on any atom is 0.162 e. The van der Waals surface area contributed by atoms with Crippen molar-refractivity contribution in [3.63, 3.8) is 0 Å². The van der Waals surface area contributed by atoms with Crippen molar-refractivity contribution in [2.75, 3.05) is 0 Å². The largest absolute Gasteiger partial charge is 0.299 e. The Labute approximate surface area is 193 Å². The summed E-state index contributed by atoms with van der Waals surface area (Å²) in [7, 11) is 0. The number of fused-ring (bicyclic) bond motifs is 3. The predicted octanol–water partition coefficient (Wildman–Crippen LogP) is 5.29. The lowest BCUT2D eigenvalue weighted by atomic mass is 9.98. The highest BCUT2D eigenvalue weighted by atomic mass is 16.1. The highest BCUT2D eigenvalue weighted by Crippen LogP contribution is 2.33. The van der Waals surface area contributed by atoms with Gasteiger partial charge >= 0.3 is 0 Å². The fourth-order valence-corrected chi connectivity index (χ4v) is 4.39. The van der Waals surface area contributed by atoms with Crippen molar-refractivity contribution in [3.8, 4) is 5.69 Å². The van der Waals surface area contributed by atoms with Gasteiger partial charge in [0.25, 0.3) is 0 Å². The number of carbonyl (C=O) groups is 1. The third kappa shape index (κ3) is 4.14. The first kappa shape index (κ1) is 21.0. The molecule has 0 N–H and O–H groups in total. The summed E-state index contributed by atoms with van der Waals surface area (Å²) in [6.07, 6.45) is 0.654. The lowest BCUT2D eigenvalue weighted by Crippen LogP contribution is -2.12. The van der Waals surface area contributed by atoms with Crippen molar-refractivity contribution in [3.05, 3.63) is 112 Å². The van der Waals surface area contributed by atoms with Crippen LogP contribution in [0, 0.1) is 20.8 Å². The third-order valence-corrected chi connectivity index (χ3v) is 6.07. The second-order valence-electron chi connectivity index (χ2n) is 8.73. The lowest BCUT2D eigenvalue weighted by molar-refractivity contribution is -0.118. The number of rotatable bonds is 5. The van der Waals surface area contributed by atoms with Gasteiger partial charge in [0.15, 0.2) is 5.82 Å². The summed E-state index contributed by atoms with van der Waals surface area (Å²) in [5.74, 6) is 1.63. The molecule has 0 spiro atoms. The van der Waals surface area contributed by atoms with Crippen LogP contribution >= 0.6 is 0 Å². The second kappa shape index (κ2) is 8.58. The van der Waals surface area contributed by atoms with Gasteiger partial charge in [0.1, 0.15) is 17.6 Å². The van der Waals surface area contributed by atoms with Gasteiger partial charge in [-0.25, -0.2) is 0 Å². The standard InChI is InChI=1S/C28H26N4O/c1-18-9-12-21(13-10-18)16-23(33)17-25-28-31-30-20(3)32(28)26-14-11-19(2)15-24(26)27(29-25)22-7-5-4-6-8-22/h4-15,25H,16-17H2,1-3H3/t25-/m0/s1. The molecule has 0 amide bonds. The van der Waals surface area contributed by atoms with E-state index in [1.165, 1.54) is 5.56 Å². The molecule has 1 aromatic heterocycles. The number of aromatic nitrogens is 3. The molecule has 3 aromatic carbocycles. The van der Waals surface area contributed by atoms with Crippen molar-refractivity contribution in [2.45, 2.75) is 39.7 Å². The Morgan fingerprint density at radius 3 is 2.36 bits per heavy atom.